The highest BCUT2D eigenvalue weighted by Gasteiger charge is 2.34. The second-order valence-corrected chi connectivity index (χ2v) is 10.9. The van der Waals surface area contributed by atoms with Crippen molar-refractivity contribution in [2.24, 2.45) is 5.92 Å². The summed E-state index contributed by atoms with van der Waals surface area (Å²) >= 11 is 12.1. The van der Waals surface area contributed by atoms with E-state index in [0.29, 0.717) is 53.0 Å². The third kappa shape index (κ3) is 6.32. The van der Waals surface area contributed by atoms with E-state index >= 15 is 0 Å². The molecule has 0 unspecified atom stereocenters. The van der Waals surface area contributed by atoms with E-state index in [-0.39, 0.29) is 18.2 Å². The van der Waals surface area contributed by atoms with Crippen molar-refractivity contribution in [3.63, 3.8) is 0 Å². The van der Waals surface area contributed by atoms with Gasteiger partial charge in [0, 0.05) is 36.7 Å². The predicted octanol–water partition coefficient (Wildman–Crippen LogP) is 4.21. The minimum absolute atomic E-state index is 0.0887. The molecule has 7 nitrogen and oxygen atoms in total. The number of carbonyl (C=O) groups is 1. The zero-order valence-corrected chi connectivity index (χ0v) is 21.2. The van der Waals surface area contributed by atoms with Gasteiger partial charge < -0.3 is 14.4 Å². The zero-order chi connectivity index (χ0) is 24.2. The molecule has 1 aliphatic heterocycles. The molecule has 10 heteroatoms. The molecule has 0 bridgehead atoms. The van der Waals surface area contributed by atoms with Crippen molar-refractivity contribution in [1.29, 1.82) is 0 Å². The second-order valence-electron chi connectivity index (χ2n) is 8.07. The molecule has 1 heterocycles. The highest BCUT2D eigenvalue weighted by Crippen LogP contribution is 2.29. The van der Waals surface area contributed by atoms with Crippen molar-refractivity contribution >= 4 is 39.1 Å². The van der Waals surface area contributed by atoms with Crippen molar-refractivity contribution in [3.05, 3.63) is 57.6 Å². The summed E-state index contributed by atoms with van der Waals surface area (Å²) in [4.78, 5) is 14.7. The maximum atomic E-state index is 13.1. The van der Waals surface area contributed by atoms with E-state index in [0.717, 1.165) is 5.56 Å². The molecule has 1 saturated heterocycles. The number of halogens is 2. The average Bonchev–Trinajstić information content (AvgIpc) is 2.80. The first-order valence-corrected chi connectivity index (χ1v) is 12.9. The number of hydrogen-bond donors (Lipinski definition) is 0. The summed E-state index contributed by atoms with van der Waals surface area (Å²) in [5.74, 6) is 0.482. The summed E-state index contributed by atoms with van der Waals surface area (Å²) in [6.45, 7) is 0.919. The van der Waals surface area contributed by atoms with Gasteiger partial charge in [0.25, 0.3) is 0 Å². The molecule has 33 heavy (non-hydrogen) atoms. The smallest absolute Gasteiger partial charge is 0.227 e. The van der Waals surface area contributed by atoms with Crippen LogP contribution in [0.2, 0.25) is 10.0 Å². The van der Waals surface area contributed by atoms with E-state index in [1.807, 2.05) is 12.1 Å². The van der Waals surface area contributed by atoms with Gasteiger partial charge in [-0.25, -0.2) is 12.7 Å². The summed E-state index contributed by atoms with van der Waals surface area (Å²) in [7, 11) is 1.21. The van der Waals surface area contributed by atoms with E-state index in [9.17, 15) is 13.2 Å². The Morgan fingerprint density at radius 2 is 1.85 bits per heavy atom. The average molecular weight is 515 g/mol. The molecule has 1 atom stereocenters. The van der Waals surface area contributed by atoms with Gasteiger partial charge in [-0.05, 0) is 48.2 Å². The van der Waals surface area contributed by atoms with Gasteiger partial charge in [-0.1, -0.05) is 35.3 Å². The molecular weight excluding hydrogens is 487 g/mol. The number of ether oxygens (including phenoxy) is 2. The van der Waals surface area contributed by atoms with E-state index in [1.54, 1.807) is 44.4 Å². The third-order valence-electron chi connectivity index (χ3n) is 5.72. The van der Waals surface area contributed by atoms with Gasteiger partial charge >= 0.3 is 0 Å². The first-order chi connectivity index (χ1) is 15.6. The normalized spacial score (nSPS) is 16.9. The van der Waals surface area contributed by atoms with Crippen LogP contribution >= 0.6 is 23.2 Å². The van der Waals surface area contributed by atoms with Crippen molar-refractivity contribution in [1.82, 2.24) is 9.21 Å². The molecule has 0 N–H and O–H groups in total. The molecular formula is C23H28Cl2N2O5S. The lowest BCUT2D eigenvalue weighted by Gasteiger charge is -2.33. The third-order valence-corrected chi connectivity index (χ3v) is 8.10. The van der Waals surface area contributed by atoms with E-state index in [2.05, 4.69) is 0 Å². The maximum Gasteiger partial charge on any atom is 0.227 e. The van der Waals surface area contributed by atoms with E-state index < -0.39 is 15.9 Å². The number of hydrogen-bond acceptors (Lipinski definition) is 5. The van der Waals surface area contributed by atoms with Gasteiger partial charge in [-0.15, -0.1) is 0 Å². The predicted molar refractivity (Wildman–Crippen MR) is 129 cm³/mol. The number of methoxy groups -OCH3 is 2. The van der Waals surface area contributed by atoms with Crippen LogP contribution in [-0.2, 0) is 27.1 Å². The van der Waals surface area contributed by atoms with Gasteiger partial charge in [0.15, 0.2) is 11.5 Å². The molecule has 1 fully saturated rings. The monoisotopic (exact) mass is 514 g/mol. The fourth-order valence-corrected chi connectivity index (χ4v) is 6.16. The standard InChI is InChI=1S/C23H28Cl2N2O5S/c1-26(13-16-6-9-21(31-2)22(11-16)32-3)23(28)17-5-4-10-27(14-17)33(29,30)15-18-7-8-19(24)12-20(18)25/h6-9,11-12,17H,4-5,10,13-15H2,1-3H3/t17-/m1/s1. The molecule has 2 aromatic carbocycles. The minimum atomic E-state index is -3.63. The number of sulfonamides is 1. The first kappa shape index (κ1) is 25.6. The summed E-state index contributed by atoms with van der Waals surface area (Å²) in [6.07, 6.45) is 1.26. The molecule has 1 amide bonds. The molecule has 0 aromatic heterocycles. The van der Waals surface area contributed by atoms with Crippen LogP contribution in [0.1, 0.15) is 24.0 Å². The lowest BCUT2D eigenvalue weighted by atomic mass is 9.98. The van der Waals surface area contributed by atoms with Crippen LogP contribution in [0, 0.1) is 5.92 Å². The topological polar surface area (TPSA) is 76.2 Å². The molecule has 0 radical (unpaired) electrons. The van der Waals surface area contributed by atoms with Crippen LogP contribution in [0.4, 0.5) is 0 Å². The minimum Gasteiger partial charge on any atom is -0.493 e. The number of benzene rings is 2. The van der Waals surface area contributed by atoms with Crippen LogP contribution in [0.5, 0.6) is 11.5 Å². The fourth-order valence-electron chi connectivity index (χ4n) is 3.97. The Balaban J connectivity index is 1.67. The van der Waals surface area contributed by atoms with Crippen LogP contribution in [0.15, 0.2) is 36.4 Å². The number of carbonyl (C=O) groups excluding carboxylic acids is 1. The van der Waals surface area contributed by atoms with Crippen LogP contribution in [-0.4, -0.2) is 57.9 Å². The van der Waals surface area contributed by atoms with Gasteiger partial charge in [-0.2, -0.15) is 0 Å². The SMILES string of the molecule is COc1ccc(CN(C)C(=O)[C@@H]2CCCN(S(=O)(=O)Cc3ccc(Cl)cc3Cl)C2)cc1OC. The number of amides is 1. The molecule has 3 rings (SSSR count). The van der Waals surface area contributed by atoms with Crippen molar-refractivity contribution in [3.8, 4) is 11.5 Å². The van der Waals surface area contributed by atoms with E-state index in [4.69, 9.17) is 32.7 Å². The molecule has 2 aromatic rings. The molecule has 0 spiro atoms. The highest BCUT2D eigenvalue weighted by molar-refractivity contribution is 7.88. The molecule has 180 valence electrons. The largest absolute Gasteiger partial charge is 0.493 e. The summed E-state index contributed by atoms with van der Waals surface area (Å²) in [6, 6.07) is 10.3. The van der Waals surface area contributed by atoms with Gasteiger partial charge in [0.2, 0.25) is 15.9 Å². The lowest BCUT2D eigenvalue weighted by Crippen LogP contribution is -2.46. The van der Waals surface area contributed by atoms with Gasteiger partial charge in [-0.3, -0.25) is 4.79 Å². The summed E-state index contributed by atoms with van der Waals surface area (Å²) < 4.78 is 38.1. The van der Waals surface area contributed by atoms with Crippen LogP contribution < -0.4 is 9.47 Å². The zero-order valence-electron chi connectivity index (χ0n) is 18.9. The Hall–Kier alpha value is -2.00. The van der Waals surface area contributed by atoms with E-state index in [1.165, 1.54) is 10.4 Å². The highest BCUT2D eigenvalue weighted by atomic mass is 35.5. The van der Waals surface area contributed by atoms with Crippen LogP contribution in [0.25, 0.3) is 0 Å². The Labute approximate surface area is 205 Å². The molecule has 0 aliphatic carbocycles. The summed E-state index contributed by atoms with van der Waals surface area (Å²) in [5.41, 5.74) is 1.38. The summed E-state index contributed by atoms with van der Waals surface area (Å²) in [5, 5.41) is 0.757. The van der Waals surface area contributed by atoms with Crippen molar-refractivity contribution in [2.75, 3.05) is 34.4 Å². The lowest BCUT2D eigenvalue weighted by molar-refractivity contribution is -0.135. The Morgan fingerprint density at radius 1 is 1.12 bits per heavy atom. The number of piperidine rings is 1. The van der Waals surface area contributed by atoms with Crippen LogP contribution in [0.3, 0.4) is 0 Å². The second kappa shape index (κ2) is 11.0. The Kier molecular flexibility index (Phi) is 8.50. The first-order valence-electron chi connectivity index (χ1n) is 10.5. The maximum absolute atomic E-state index is 13.1. The quantitative estimate of drug-likeness (QED) is 0.527. The Bertz CT molecular complexity index is 1110. The fraction of sp³-hybridized carbons (Fsp3) is 0.435. The van der Waals surface area contributed by atoms with Gasteiger partial charge in [0.05, 0.1) is 25.9 Å². The number of rotatable bonds is 8. The van der Waals surface area contributed by atoms with Crippen molar-refractivity contribution in [2.45, 2.75) is 25.1 Å². The molecule has 0 saturated carbocycles. The van der Waals surface area contributed by atoms with Gasteiger partial charge in [0.1, 0.15) is 0 Å². The Morgan fingerprint density at radius 3 is 2.52 bits per heavy atom. The van der Waals surface area contributed by atoms with Crippen molar-refractivity contribution < 1.29 is 22.7 Å². The number of nitrogens with zero attached hydrogens (tertiary/aromatic N) is 2. The molecule has 1 aliphatic rings.